The summed E-state index contributed by atoms with van der Waals surface area (Å²) < 4.78 is 6.97. The number of benzene rings is 2. The molecule has 0 aliphatic rings. The predicted molar refractivity (Wildman–Crippen MR) is 119 cm³/mol. The normalized spacial score (nSPS) is 10.8. The summed E-state index contributed by atoms with van der Waals surface area (Å²) >= 11 is 1.58. The van der Waals surface area contributed by atoms with Crippen molar-refractivity contribution < 1.29 is 4.74 Å². The highest BCUT2D eigenvalue weighted by Crippen LogP contribution is 2.23. The Morgan fingerprint density at radius 2 is 1.93 bits per heavy atom. The highest BCUT2D eigenvalue weighted by molar-refractivity contribution is 7.18. The van der Waals surface area contributed by atoms with E-state index in [1.807, 2.05) is 48.5 Å². The van der Waals surface area contributed by atoms with Gasteiger partial charge in [0.15, 0.2) is 0 Å². The number of nitriles is 1. The van der Waals surface area contributed by atoms with Crippen molar-refractivity contribution in [1.82, 2.24) is 9.55 Å². The average molecular weight is 416 g/mol. The Morgan fingerprint density at radius 3 is 2.63 bits per heavy atom. The summed E-state index contributed by atoms with van der Waals surface area (Å²) in [7, 11) is 1.64. The van der Waals surface area contributed by atoms with Crippen LogP contribution in [0.1, 0.15) is 34.3 Å². The molecule has 0 saturated heterocycles. The molecule has 0 fully saturated rings. The Labute approximate surface area is 178 Å². The van der Waals surface area contributed by atoms with Crippen LogP contribution in [0.5, 0.6) is 5.75 Å². The van der Waals surface area contributed by atoms with Gasteiger partial charge in [0, 0.05) is 11.3 Å². The van der Waals surface area contributed by atoms with Crippen molar-refractivity contribution in [2.45, 2.75) is 26.3 Å². The molecule has 2 aromatic carbocycles. The van der Waals surface area contributed by atoms with Crippen LogP contribution in [-0.2, 0) is 19.4 Å². The lowest BCUT2D eigenvalue weighted by Crippen LogP contribution is -2.25. The molecule has 0 aliphatic heterocycles. The summed E-state index contributed by atoms with van der Waals surface area (Å²) in [4.78, 5) is 20.2. The van der Waals surface area contributed by atoms with Gasteiger partial charge in [-0.15, -0.1) is 11.3 Å². The molecule has 30 heavy (non-hydrogen) atoms. The lowest BCUT2D eigenvalue weighted by molar-refractivity contribution is 0.414. The van der Waals surface area contributed by atoms with Crippen LogP contribution in [0.25, 0.3) is 10.2 Å². The maximum absolute atomic E-state index is 13.4. The molecule has 0 N–H and O–H groups in total. The smallest absolute Gasteiger partial charge is 0.262 e. The SMILES string of the molecule is CCc1cc2c(=O)n(Cc3cccc(C#N)c3)c(Cc3ccc(OC)cc3)nc2s1. The van der Waals surface area contributed by atoms with Crippen molar-refractivity contribution >= 4 is 21.6 Å². The monoisotopic (exact) mass is 415 g/mol. The fourth-order valence-corrected chi connectivity index (χ4v) is 4.40. The summed E-state index contributed by atoms with van der Waals surface area (Å²) in [5.41, 5.74) is 2.49. The maximum Gasteiger partial charge on any atom is 0.262 e. The molecule has 0 bridgehead atoms. The molecular weight excluding hydrogens is 394 g/mol. The second kappa shape index (κ2) is 8.52. The molecule has 0 aliphatic carbocycles. The van der Waals surface area contributed by atoms with Crippen molar-refractivity contribution in [3.63, 3.8) is 0 Å². The second-order valence-corrected chi connectivity index (χ2v) is 8.16. The summed E-state index contributed by atoms with van der Waals surface area (Å²) in [6.45, 7) is 2.45. The zero-order valence-electron chi connectivity index (χ0n) is 16.9. The number of ether oxygens (including phenoxy) is 1. The van der Waals surface area contributed by atoms with Gasteiger partial charge in [-0.25, -0.2) is 4.98 Å². The second-order valence-electron chi connectivity index (χ2n) is 7.04. The van der Waals surface area contributed by atoms with Crippen molar-refractivity contribution in [2.75, 3.05) is 7.11 Å². The topological polar surface area (TPSA) is 67.9 Å². The van der Waals surface area contributed by atoms with Gasteiger partial charge in [0.25, 0.3) is 5.56 Å². The minimum atomic E-state index is -0.0400. The lowest BCUT2D eigenvalue weighted by atomic mass is 10.1. The molecule has 2 aromatic heterocycles. The van der Waals surface area contributed by atoms with Crippen LogP contribution in [0.15, 0.2) is 59.4 Å². The zero-order chi connectivity index (χ0) is 21.1. The molecule has 2 heterocycles. The minimum Gasteiger partial charge on any atom is -0.497 e. The highest BCUT2D eigenvalue weighted by Gasteiger charge is 2.15. The Hall–Kier alpha value is -3.43. The fraction of sp³-hybridized carbons (Fsp3) is 0.208. The van der Waals surface area contributed by atoms with E-state index in [4.69, 9.17) is 9.72 Å². The Morgan fingerprint density at radius 1 is 1.13 bits per heavy atom. The Kier molecular flexibility index (Phi) is 5.64. The van der Waals surface area contributed by atoms with Crippen molar-refractivity contribution in [3.05, 3.63) is 92.3 Å². The summed E-state index contributed by atoms with van der Waals surface area (Å²) in [5, 5.41) is 9.87. The Balaban J connectivity index is 1.82. The van der Waals surface area contributed by atoms with E-state index in [1.54, 1.807) is 29.1 Å². The number of rotatable bonds is 6. The minimum absolute atomic E-state index is 0.0400. The van der Waals surface area contributed by atoms with Crippen molar-refractivity contribution in [1.29, 1.82) is 5.26 Å². The van der Waals surface area contributed by atoms with Crippen LogP contribution in [0.3, 0.4) is 0 Å². The molecule has 0 unspecified atom stereocenters. The molecule has 0 saturated carbocycles. The number of hydrogen-bond acceptors (Lipinski definition) is 5. The van der Waals surface area contributed by atoms with E-state index < -0.39 is 0 Å². The number of aryl methyl sites for hydroxylation is 1. The van der Waals surface area contributed by atoms with Crippen LogP contribution < -0.4 is 10.3 Å². The van der Waals surface area contributed by atoms with Gasteiger partial charge in [0.2, 0.25) is 0 Å². The first kappa shape index (κ1) is 19.9. The third-order valence-electron chi connectivity index (χ3n) is 5.05. The first-order chi connectivity index (χ1) is 14.6. The summed E-state index contributed by atoms with van der Waals surface area (Å²) in [6, 6.07) is 19.3. The first-order valence-corrected chi connectivity index (χ1v) is 10.6. The Bertz CT molecular complexity index is 1300. The van der Waals surface area contributed by atoms with E-state index >= 15 is 0 Å². The van der Waals surface area contributed by atoms with Crippen LogP contribution in [0.2, 0.25) is 0 Å². The molecule has 0 amide bonds. The van der Waals surface area contributed by atoms with Gasteiger partial charge in [-0.1, -0.05) is 31.2 Å². The van der Waals surface area contributed by atoms with Gasteiger partial charge in [0.1, 0.15) is 16.4 Å². The van der Waals surface area contributed by atoms with E-state index in [9.17, 15) is 10.1 Å². The standard InChI is InChI=1S/C24H21N3O2S/c1-3-20-13-21-23(30-20)26-22(12-16-7-9-19(29-2)10-8-16)27(24(21)28)15-18-6-4-5-17(11-18)14-25/h4-11,13H,3,12,15H2,1-2H3. The van der Waals surface area contributed by atoms with Crippen LogP contribution in [0.4, 0.5) is 0 Å². The quantitative estimate of drug-likeness (QED) is 0.464. The van der Waals surface area contributed by atoms with Crippen LogP contribution in [-0.4, -0.2) is 16.7 Å². The van der Waals surface area contributed by atoms with Gasteiger partial charge in [-0.2, -0.15) is 5.26 Å². The molecule has 0 atom stereocenters. The number of methoxy groups -OCH3 is 1. The molecular formula is C24H21N3O2S. The number of fused-ring (bicyclic) bond motifs is 1. The van der Waals surface area contributed by atoms with Gasteiger partial charge in [-0.05, 0) is 47.9 Å². The zero-order valence-corrected chi connectivity index (χ0v) is 17.7. The largest absolute Gasteiger partial charge is 0.497 e. The van der Waals surface area contributed by atoms with Crippen molar-refractivity contribution in [3.8, 4) is 11.8 Å². The molecule has 4 aromatic rings. The number of thiophene rings is 1. The van der Waals surface area contributed by atoms with E-state index in [0.29, 0.717) is 29.7 Å². The number of aromatic nitrogens is 2. The third kappa shape index (κ3) is 3.98. The molecule has 5 nitrogen and oxygen atoms in total. The summed E-state index contributed by atoms with van der Waals surface area (Å²) in [5.74, 6) is 1.50. The van der Waals surface area contributed by atoms with E-state index in [0.717, 1.165) is 33.0 Å². The van der Waals surface area contributed by atoms with Gasteiger partial charge in [-0.3, -0.25) is 9.36 Å². The van der Waals surface area contributed by atoms with Gasteiger partial charge < -0.3 is 4.74 Å². The van der Waals surface area contributed by atoms with Crippen molar-refractivity contribution in [2.24, 2.45) is 0 Å². The molecule has 6 heteroatoms. The summed E-state index contributed by atoms with van der Waals surface area (Å²) in [6.07, 6.45) is 1.41. The van der Waals surface area contributed by atoms with Crippen LogP contribution in [0, 0.1) is 11.3 Å². The van der Waals surface area contributed by atoms with E-state index in [2.05, 4.69) is 13.0 Å². The molecule has 0 spiro atoms. The predicted octanol–water partition coefficient (Wildman–Crippen LogP) is 4.54. The molecule has 0 radical (unpaired) electrons. The molecule has 150 valence electrons. The van der Waals surface area contributed by atoms with E-state index in [-0.39, 0.29) is 5.56 Å². The first-order valence-electron chi connectivity index (χ1n) is 9.75. The van der Waals surface area contributed by atoms with Gasteiger partial charge >= 0.3 is 0 Å². The number of hydrogen-bond donors (Lipinski definition) is 0. The van der Waals surface area contributed by atoms with Crippen LogP contribution >= 0.6 is 11.3 Å². The number of nitrogens with zero attached hydrogens (tertiary/aromatic N) is 3. The van der Waals surface area contributed by atoms with E-state index in [1.165, 1.54) is 0 Å². The fourth-order valence-electron chi connectivity index (χ4n) is 3.43. The highest BCUT2D eigenvalue weighted by atomic mass is 32.1. The average Bonchev–Trinajstić information content (AvgIpc) is 3.20. The lowest BCUT2D eigenvalue weighted by Gasteiger charge is -2.13. The van der Waals surface area contributed by atoms with Gasteiger partial charge in [0.05, 0.1) is 30.7 Å². The third-order valence-corrected chi connectivity index (χ3v) is 6.22. The molecule has 4 rings (SSSR count). The maximum atomic E-state index is 13.4.